The van der Waals surface area contributed by atoms with Gasteiger partial charge in [-0.2, -0.15) is 5.26 Å². The van der Waals surface area contributed by atoms with E-state index in [2.05, 4.69) is 10.6 Å². The van der Waals surface area contributed by atoms with Crippen molar-refractivity contribution in [3.63, 3.8) is 0 Å². The van der Waals surface area contributed by atoms with E-state index >= 15 is 0 Å². The van der Waals surface area contributed by atoms with E-state index in [0.717, 1.165) is 5.56 Å². The van der Waals surface area contributed by atoms with Gasteiger partial charge < -0.3 is 21.3 Å². The fraction of sp³-hybridized carbons (Fsp3) is 0.556. The molecule has 35 heavy (non-hydrogen) atoms. The first-order valence-corrected chi connectivity index (χ1v) is 12.0. The van der Waals surface area contributed by atoms with Crippen LogP contribution in [0.25, 0.3) is 0 Å². The molecule has 1 aromatic carbocycles. The number of nitriles is 1. The Morgan fingerprint density at radius 2 is 1.77 bits per heavy atom. The zero-order chi connectivity index (χ0) is 26.8. The Morgan fingerprint density at radius 1 is 1.17 bits per heavy atom. The summed E-state index contributed by atoms with van der Waals surface area (Å²) in [5.41, 5.74) is 7.00. The largest absolute Gasteiger partial charge is 0.351 e. The summed E-state index contributed by atoms with van der Waals surface area (Å²) >= 11 is 0. The van der Waals surface area contributed by atoms with Gasteiger partial charge in [-0.15, -0.1) is 0 Å². The summed E-state index contributed by atoms with van der Waals surface area (Å²) in [6, 6.07) is 9.52. The van der Waals surface area contributed by atoms with Crippen LogP contribution in [0.2, 0.25) is 0 Å². The van der Waals surface area contributed by atoms with Gasteiger partial charge in [0.15, 0.2) is 0 Å². The number of likely N-dealkylation sites (N-methyl/N-ethyl adjacent to an activating group) is 1. The standard InChI is InChI=1S/C27H41N5O3/c1-18(2)22(16-19(3)24(33)30-15-11-14-28)32(7)26(35)23(27(4,5)6)31-25(34)21(29)17-20-12-9-8-10-13-20/h8-10,12-13,16,18,21-23H,11,15,17,29H2,1-7H3,(H,30,33)(H,31,34)/b19-16+/t21-,22+,23+/m0/s1. The number of nitrogens with one attached hydrogen (secondary N) is 2. The van der Waals surface area contributed by atoms with Crippen molar-refractivity contribution in [1.29, 1.82) is 5.26 Å². The third kappa shape index (κ3) is 9.53. The van der Waals surface area contributed by atoms with Crippen LogP contribution in [0.5, 0.6) is 0 Å². The van der Waals surface area contributed by atoms with E-state index < -0.39 is 17.5 Å². The molecule has 0 aliphatic rings. The minimum absolute atomic E-state index is 0.0162. The van der Waals surface area contributed by atoms with Crippen molar-refractivity contribution in [1.82, 2.24) is 15.5 Å². The summed E-state index contributed by atoms with van der Waals surface area (Å²) in [4.78, 5) is 40.5. The molecular formula is C27H41N5O3. The molecule has 3 atom stereocenters. The number of amides is 3. The first-order valence-electron chi connectivity index (χ1n) is 12.0. The lowest BCUT2D eigenvalue weighted by atomic mass is 9.84. The Bertz CT molecular complexity index is 928. The van der Waals surface area contributed by atoms with E-state index in [-0.39, 0.29) is 42.6 Å². The minimum Gasteiger partial charge on any atom is -0.351 e. The predicted octanol–water partition coefficient (Wildman–Crippen LogP) is 2.55. The quantitative estimate of drug-likeness (QED) is 0.329. The highest BCUT2D eigenvalue weighted by Crippen LogP contribution is 2.24. The highest BCUT2D eigenvalue weighted by atomic mass is 16.2. The summed E-state index contributed by atoms with van der Waals surface area (Å²) < 4.78 is 0. The lowest BCUT2D eigenvalue weighted by molar-refractivity contribution is -0.140. The molecule has 192 valence electrons. The third-order valence-electron chi connectivity index (χ3n) is 5.81. The molecule has 0 aliphatic heterocycles. The average Bonchev–Trinajstić information content (AvgIpc) is 2.79. The molecule has 0 radical (unpaired) electrons. The van der Waals surface area contributed by atoms with E-state index in [4.69, 9.17) is 11.0 Å². The van der Waals surface area contributed by atoms with Gasteiger partial charge in [-0.3, -0.25) is 14.4 Å². The first kappa shape index (κ1) is 29.9. The molecule has 0 saturated carbocycles. The Labute approximate surface area is 209 Å². The maximum Gasteiger partial charge on any atom is 0.246 e. The van der Waals surface area contributed by atoms with Gasteiger partial charge in [-0.05, 0) is 30.2 Å². The monoisotopic (exact) mass is 483 g/mol. The van der Waals surface area contributed by atoms with Crippen LogP contribution < -0.4 is 16.4 Å². The molecule has 0 bridgehead atoms. The number of benzene rings is 1. The van der Waals surface area contributed by atoms with Crippen molar-refractivity contribution in [2.45, 2.75) is 72.5 Å². The summed E-state index contributed by atoms with van der Waals surface area (Å²) in [5, 5.41) is 14.2. The minimum atomic E-state index is -0.804. The normalized spacial score (nSPS) is 14.5. The van der Waals surface area contributed by atoms with Gasteiger partial charge in [0.25, 0.3) is 0 Å². The molecule has 8 nitrogen and oxygen atoms in total. The summed E-state index contributed by atoms with van der Waals surface area (Å²) in [7, 11) is 1.68. The molecule has 0 aromatic heterocycles. The topological polar surface area (TPSA) is 128 Å². The molecule has 8 heteroatoms. The molecular weight excluding hydrogens is 442 g/mol. The van der Waals surface area contributed by atoms with Gasteiger partial charge in [0.1, 0.15) is 6.04 Å². The van der Waals surface area contributed by atoms with Crippen LogP contribution in [0.1, 0.15) is 53.5 Å². The van der Waals surface area contributed by atoms with Crippen molar-refractivity contribution in [3.05, 3.63) is 47.5 Å². The second-order valence-electron chi connectivity index (χ2n) is 10.3. The molecule has 4 N–H and O–H groups in total. The van der Waals surface area contributed by atoms with E-state index in [1.54, 1.807) is 24.9 Å². The maximum absolute atomic E-state index is 13.6. The van der Waals surface area contributed by atoms with Crippen LogP contribution in [0.4, 0.5) is 0 Å². The third-order valence-corrected chi connectivity index (χ3v) is 5.81. The molecule has 0 heterocycles. The second-order valence-corrected chi connectivity index (χ2v) is 10.3. The van der Waals surface area contributed by atoms with Crippen LogP contribution in [0.15, 0.2) is 42.0 Å². The van der Waals surface area contributed by atoms with Gasteiger partial charge in [-0.1, -0.05) is 71.0 Å². The van der Waals surface area contributed by atoms with Gasteiger partial charge in [-0.25, -0.2) is 0 Å². The Morgan fingerprint density at radius 3 is 2.29 bits per heavy atom. The van der Waals surface area contributed by atoms with Crippen molar-refractivity contribution >= 4 is 17.7 Å². The molecule has 3 amide bonds. The molecule has 0 unspecified atom stereocenters. The van der Waals surface area contributed by atoms with E-state index in [0.29, 0.717) is 12.0 Å². The fourth-order valence-corrected chi connectivity index (χ4v) is 3.66. The van der Waals surface area contributed by atoms with Crippen molar-refractivity contribution < 1.29 is 14.4 Å². The Balaban J connectivity index is 3.05. The summed E-state index contributed by atoms with van der Waals surface area (Å²) in [6.07, 6.45) is 2.35. The van der Waals surface area contributed by atoms with Crippen LogP contribution >= 0.6 is 0 Å². The van der Waals surface area contributed by atoms with Crippen LogP contribution in [0, 0.1) is 22.7 Å². The van der Waals surface area contributed by atoms with E-state index in [9.17, 15) is 14.4 Å². The maximum atomic E-state index is 13.6. The number of carbonyl (C=O) groups is 3. The highest BCUT2D eigenvalue weighted by molar-refractivity contribution is 5.93. The molecule has 0 aliphatic carbocycles. The fourth-order valence-electron chi connectivity index (χ4n) is 3.66. The zero-order valence-electron chi connectivity index (χ0n) is 22.1. The van der Waals surface area contributed by atoms with E-state index in [1.165, 1.54) is 0 Å². The van der Waals surface area contributed by atoms with Gasteiger partial charge in [0, 0.05) is 19.2 Å². The number of nitrogens with two attached hydrogens (primary N) is 1. The summed E-state index contributed by atoms with van der Waals surface area (Å²) in [5.74, 6) is -0.910. The second kappa shape index (κ2) is 13.6. The van der Waals surface area contributed by atoms with E-state index in [1.807, 2.05) is 71.0 Å². The van der Waals surface area contributed by atoms with Gasteiger partial charge >= 0.3 is 0 Å². The predicted molar refractivity (Wildman–Crippen MR) is 138 cm³/mol. The Hall–Kier alpha value is -3.18. The molecule has 0 saturated heterocycles. The lowest BCUT2D eigenvalue weighted by Gasteiger charge is -2.37. The van der Waals surface area contributed by atoms with Gasteiger partial charge in [0.05, 0.1) is 24.6 Å². The van der Waals surface area contributed by atoms with Crippen LogP contribution in [-0.4, -0.2) is 54.3 Å². The zero-order valence-corrected chi connectivity index (χ0v) is 22.1. The number of hydrogen-bond acceptors (Lipinski definition) is 5. The summed E-state index contributed by atoms with van der Waals surface area (Å²) in [6.45, 7) is 11.5. The molecule has 0 spiro atoms. The number of rotatable bonds is 11. The van der Waals surface area contributed by atoms with Crippen LogP contribution in [0.3, 0.4) is 0 Å². The average molecular weight is 484 g/mol. The number of nitrogens with zero attached hydrogens (tertiary/aromatic N) is 2. The first-order chi connectivity index (χ1) is 16.3. The highest BCUT2D eigenvalue weighted by Gasteiger charge is 2.37. The Kier molecular flexibility index (Phi) is 11.6. The van der Waals surface area contributed by atoms with Crippen LogP contribution in [-0.2, 0) is 20.8 Å². The van der Waals surface area contributed by atoms with Gasteiger partial charge in [0.2, 0.25) is 17.7 Å². The lowest BCUT2D eigenvalue weighted by Crippen LogP contribution is -2.59. The molecule has 1 aromatic rings. The smallest absolute Gasteiger partial charge is 0.246 e. The van der Waals surface area contributed by atoms with Crippen molar-refractivity contribution in [3.8, 4) is 6.07 Å². The van der Waals surface area contributed by atoms with Crippen molar-refractivity contribution in [2.24, 2.45) is 17.1 Å². The number of hydrogen-bond donors (Lipinski definition) is 3. The molecule has 0 fully saturated rings. The SMILES string of the molecule is C/C(=C\[C@H](C(C)C)N(C)C(=O)[C@@H](NC(=O)[C@@H](N)Cc1ccccc1)C(C)(C)C)C(=O)NCCC#N. The molecule has 1 rings (SSSR count). The van der Waals surface area contributed by atoms with Crippen molar-refractivity contribution in [2.75, 3.05) is 13.6 Å². The number of carbonyl (C=O) groups excluding carboxylic acids is 3.